The molecule has 0 saturated carbocycles. The maximum Gasteiger partial charge on any atom is 0.220 e. The van der Waals surface area contributed by atoms with E-state index < -0.39 is 12.1 Å². The van der Waals surface area contributed by atoms with Crippen LogP contribution in [-0.2, 0) is 4.79 Å². The summed E-state index contributed by atoms with van der Waals surface area (Å²) in [6.45, 7) is 4.06. The molecule has 0 aromatic carbocycles. The second-order valence-corrected chi connectivity index (χ2v) is 12.9. The minimum atomic E-state index is -0.889. The summed E-state index contributed by atoms with van der Waals surface area (Å²) in [6, 6.07) is -0.668. The molecule has 2 unspecified atom stereocenters. The Bertz CT molecular complexity index is 1130. The van der Waals surface area contributed by atoms with Gasteiger partial charge in [0.05, 0.1) is 18.8 Å². The number of amides is 1. The van der Waals surface area contributed by atoms with E-state index in [1.54, 1.807) is 6.08 Å². The van der Waals surface area contributed by atoms with Gasteiger partial charge < -0.3 is 15.5 Å². The van der Waals surface area contributed by atoms with E-state index in [1.165, 1.54) is 6.42 Å². The highest BCUT2D eigenvalue weighted by Crippen LogP contribution is 2.08. The lowest BCUT2D eigenvalue weighted by atomic mass is 10.1. The van der Waals surface area contributed by atoms with Crippen LogP contribution in [0, 0.1) is 0 Å². The van der Waals surface area contributed by atoms with Gasteiger partial charge in [-0.05, 0) is 103 Å². The summed E-state index contributed by atoms with van der Waals surface area (Å²) in [5.74, 6) is -0.113. The van der Waals surface area contributed by atoms with Crippen LogP contribution >= 0.6 is 0 Å². The Balaban J connectivity index is 3.78. The number of carbonyl (C=O) groups excluding carboxylic acids is 1. The molecular weight excluding hydrogens is 639 g/mol. The second-order valence-electron chi connectivity index (χ2n) is 12.9. The zero-order valence-electron chi connectivity index (χ0n) is 33.0. The van der Waals surface area contributed by atoms with Crippen molar-refractivity contribution in [3.8, 4) is 0 Å². The van der Waals surface area contributed by atoms with Crippen molar-refractivity contribution >= 4 is 5.91 Å². The summed E-state index contributed by atoms with van der Waals surface area (Å²) >= 11 is 0. The van der Waals surface area contributed by atoms with Crippen molar-refractivity contribution in [2.45, 2.75) is 154 Å². The third-order valence-corrected chi connectivity index (χ3v) is 8.08. The third-order valence-electron chi connectivity index (χ3n) is 8.08. The zero-order chi connectivity index (χ0) is 37.8. The fourth-order valence-corrected chi connectivity index (χ4v) is 4.99. The molecular formula is C48H75NO3. The average Bonchev–Trinajstić information content (AvgIpc) is 3.15. The normalized spacial score (nSPS) is 14.5. The van der Waals surface area contributed by atoms with E-state index in [1.807, 2.05) is 6.08 Å². The molecule has 0 radical (unpaired) electrons. The summed E-state index contributed by atoms with van der Waals surface area (Å²) in [5, 5.41) is 22.8. The summed E-state index contributed by atoms with van der Waals surface area (Å²) in [4.78, 5) is 12.3. The Hall–Kier alpha value is -3.47. The van der Waals surface area contributed by atoms with Gasteiger partial charge in [0.15, 0.2) is 0 Å². The fourth-order valence-electron chi connectivity index (χ4n) is 4.99. The number of aliphatic hydroxyl groups excluding tert-OH is 2. The average molecular weight is 714 g/mol. The first-order valence-corrected chi connectivity index (χ1v) is 20.4. The van der Waals surface area contributed by atoms with E-state index in [2.05, 4.69) is 141 Å². The van der Waals surface area contributed by atoms with E-state index in [0.717, 1.165) is 116 Å². The molecule has 2 atom stereocenters. The van der Waals surface area contributed by atoms with Crippen molar-refractivity contribution in [1.82, 2.24) is 5.32 Å². The van der Waals surface area contributed by atoms with E-state index >= 15 is 0 Å². The van der Waals surface area contributed by atoms with Crippen LogP contribution in [0.2, 0.25) is 0 Å². The number of carbonyl (C=O) groups is 1. The molecule has 0 saturated heterocycles. The molecule has 0 aliphatic rings. The van der Waals surface area contributed by atoms with Crippen LogP contribution in [0.5, 0.6) is 0 Å². The molecule has 0 rings (SSSR count). The standard InChI is InChI=1S/C48H75NO3/c1-3-5-7-9-11-13-15-16-17-18-19-20-21-22-23-24-25-26-27-28-29-30-31-32-34-36-38-40-42-44-48(52)49-46(45-50)47(51)43-41-39-37-35-33-14-12-10-8-6-4-2/h5,7-8,10-11,13,16-17,19-20,22-23,25-26,28-29,31-33,35,41,43,46-47,50-51H,3-4,6,9,12,14-15,18,21,24,27,30,34,36-40,42,44-45H2,1-2H3,(H,49,52)/b7-5-,10-8+,13-11-,17-16-,20-19-,23-22-,26-25-,29-28-,32-31-,35-33+,43-41+. The quantitative estimate of drug-likeness (QED) is 0.0459. The Morgan fingerprint density at radius 3 is 1.31 bits per heavy atom. The molecule has 0 aromatic rings. The van der Waals surface area contributed by atoms with Gasteiger partial charge in [-0.25, -0.2) is 0 Å². The molecule has 3 N–H and O–H groups in total. The van der Waals surface area contributed by atoms with Gasteiger partial charge in [-0.3, -0.25) is 4.79 Å². The number of nitrogens with one attached hydrogen (secondary N) is 1. The van der Waals surface area contributed by atoms with Gasteiger partial charge in [-0.1, -0.05) is 167 Å². The van der Waals surface area contributed by atoms with Crippen molar-refractivity contribution in [1.29, 1.82) is 0 Å². The van der Waals surface area contributed by atoms with Crippen LogP contribution in [0.4, 0.5) is 0 Å². The number of rotatable bonds is 34. The zero-order valence-corrected chi connectivity index (χ0v) is 33.0. The molecule has 1 amide bonds. The summed E-state index contributed by atoms with van der Waals surface area (Å²) in [6.07, 6.45) is 66.9. The smallest absolute Gasteiger partial charge is 0.220 e. The van der Waals surface area contributed by atoms with Gasteiger partial charge in [-0.2, -0.15) is 0 Å². The third kappa shape index (κ3) is 37.8. The van der Waals surface area contributed by atoms with Crippen molar-refractivity contribution in [2.75, 3.05) is 6.61 Å². The van der Waals surface area contributed by atoms with Crippen molar-refractivity contribution < 1.29 is 15.0 Å². The number of allylic oxidation sites excluding steroid dienone is 21. The minimum absolute atomic E-state index is 0.113. The molecule has 0 fully saturated rings. The van der Waals surface area contributed by atoms with Crippen LogP contribution in [0.1, 0.15) is 142 Å². The van der Waals surface area contributed by atoms with Gasteiger partial charge >= 0.3 is 0 Å². The topological polar surface area (TPSA) is 69.6 Å². The highest BCUT2D eigenvalue weighted by atomic mass is 16.3. The van der Waals surface area contributed by atoms with Gasteiger partial charge in [-0.15, -0.1) is 0 Å². The number of aliphatic hydroxyl groups is 2. The highest BCUT2D eigenvalue weighted by Gasteiger charge is 2.17. The molecule has 0 heterocycles. The lowest BCUT2D eigenvalue weighted by Gasteiger charge is -2.19. The SMILES string of the molecule is CC/C=C\C/C=C\C/C=C\C/C=C\C/C=C\C/C=C\C/C=C\C/C=C\CCCCCCC(=O)NC(CO)C(O)/C=C/CC/C=C/CC/C=C/CCC. The molecule has 52 heavy (non-hydrogen) atoms. The van der Waals surface area contributed by atoms with Crippen molar-refractivity contribution in [2.24, 2.45) is 0 Å². The first-order chi connectivity index (χ1) is 25.7. The van der Waals surface area contributed by atoms with Crippen molar-refractivity contribution in [3.05, 3.63) is 134 Å². The second kappa shape index (κ2) is 41.9. The Kier molecular flexibility index (Phi) is 39.1. The van der Waals surface area contributed by atoms with Gasteiger partial charge in [0.1, 0.15) is 0 Å². The summed E-state index contributed by atoms with van der Waals surface area (Å²) in [7, 11) is 0. The van der Waals surface area contributed by atoms with Crippen LogP contribution in [-0.4, -0.2) is 34.9 Å². The lowest BCUT2D eigenvalue weighted by Crippen LogP contribution is -2.45. The van der Waals surface area contributed by atoms with Crippen LogP contribution in [0.15, 0.2) is 134 Å². The Labute approximate surface area is 320 Å². The summed E-state index contributed by atoms with van der Waals surface area (Å²) < 4.78 is 0. The largest absolute Gasteiger partial charge is 0.394 e. The van der Waals surface area contributed by atoms with E-state index in [9.17, 15) is 15.0 Å². The molecule has 0 aliphatic carbocycles. The molecule has 0 bridgehead atoms. The Morgan fingerprint density at radius 1 is 0.481 bits per heavy atom. The molecule has 0 aromatic heterocycles. The van der Waals surface area contributed by atoms with Crippen LogP contribution in [0.3, 0.4) is 0 Å². The molecule has 0 spiro atoms. The highest BCUT2D eigenvalue weighted by molar-refractivity contribution is 5.76. The van der Waals surface area contributed by atoms with Crippen LogP contribution < -0.4 is 5.32 Å². The number of unbranched alkanes of at least 4 members (excludes halogenated alkanes) is 7. The molecule has 4 nitrogen and oxygen atoms in total. The predicted octanol–water partition coefficient (Wildman–Crippen LogP) is 12.8. The summed E-state index contributed by atoms with van der Waals surface area (Å²) in [5.41, 5.74) is 0. The Morgan fingerprint density at radius 2 is 0.865 bits per heavy atom. The van der Waals surface area contributed by atoms with Crippen LogP contribution in [0.25, 0.3) is 0 Å². The van der Waals surface area contributed by atoms with Gasteiger partial charge in [0.2, 0.25) is 5.91 Å². The van der Waals surface area contributed by atoms with E-state index in [4.69, 9.17) is 0 Å². The molecule has 0 aliphatic heterocycles. The maximum atomic E-state index is 12.3. The maximum absolute atomic E-state index is 12.3. The van der Waals surface area contributed by atoms with Gasteiger partial charge in [0.25, 0.3) is 0 Å². The van der Waals surface area contributed by atoms with E-state index in [0.29, 0.717) is 6.42 Å². The first kappa shape index (κ1) is 48.5. The minimum Gasteiger partial charge on any atom is -0.394 e. The van der Waals surface area contributed by atoms with Gasteiger partial charge in [0, 0.05) is 6.42 Å². The van der Waals surface area contributed by atoms with E-state index in [-0.39, 0.29) is 12.5 Å². The lowest BCUT2D eigenvalue weighted by molar-refractivity contribution is -0.123. The number of hydrogen-bond donors (Lipinski definition) is 3. The number of hydrogen-bond acceptors (Lipinski definition) is 3. The molecule has 4 heteroatoms. The monoisotopic (exact) mass is 714 g/mol. The van der Waals surface area contributed by atoms with Crippen molar-refractivity contribution in [3.63, 3.8) is 0 Å². The predicted molar refractivity (Wildman–Crippen MR) is 229 cm³/mol. The molecule has 290 valence electrons. The fraction of sp³-hybridized carbons (Fsp3) is 0.521. The first-order valence-electron chi connectivity index (χ1n) is 20.4.